The zero-order valence-electron chi connectivity index (χ0n) is 25.7. The van der Waals surface area contributed by atoms with Crippen molar-refractivity contribution in [1.29, 1.82) is 0 Å². The Bertz CT molecular complexity index is 1210. The van der Waals surface area contributed by atoms with Crippen molar-refractivity contribution in [3.63, 3.8) is 0 Å². The van der Waals surface area contributed by atoms with Crippen molar-refractivity contribution in [1.82, 2.24) is 0 Å². The van der Waals surface area contributed by atoms with Crippen LogP contribution in [-0.4, -0.2) is 30.6 Å². The third-order valence-electron chi connectivity index (χ3n) is 5.68. The van der Waals surface area contributed by atoms with Crippen LogP contribution in [0.4, 0.5) is 13.2 Å². The van der Waals surface area contributed by atoms with Crippen LogP contribution in [0, 0.1) is 0 Å². The van der Waals surface area contributed by atoms with Gasteiger partial charge in [-0.1, -0.05) is 79.8 Å². The lowest BCUT2D eigenvalue weighted by Gasteiger charge is -2.15. The third kappa shape index (κ3) is 18.4. The van der Waals surface area contributed by atoms with Gasteiger partial charge in [-0.05, 0) is 70.1 Å². The molecule has 9 heteroatoms. The molecule has 0 radical (unpaired) electrons. The number of hydrogen-bond donors (Lipinski definition) is 0. The molecule has 0 N–H and O–H groups in total. The molecule has 1 aromatic carbocycles. The first-order valence-corrected chi connectivity index (χ1v) is 14.7. The monoisotopic (exact) mass is 616 g/mol. The number of esters is 3. The molecule has 240 valence electrons. The van der Waals surface area contributed by atoms with Gasteiger partial charge in [0.05, 0.1) is 5.56 Å². The number of hydrogen-bond acceptors (Lipinski definition) is 6. The van der Waals surface area contributed by atoms with Crippen LogP contribution in [0.5, 0.6) is 5.75 Å². The van der Waals surface area contributed by atoms with Crippen LogP contribution in [0.2, 0.25) is 0 Å². The van der Waals surface area contributed by atoms with Gasteiger partial charge < -0.3 is 14.2 Å². The summed E-state index contributed by atoms with van der Waals surface area (Å²) >= 11 is 0. The molecule has 1 aromatic rings. The average molecular weight is 617 g/mol. The number of alkyl halides is 3. The van der Waals surface area contributed by atoms with Crippen molar-refractivity contribution < 1.29 is 41.8 Å². The highest BCUT2D eigenvalue weighted by molar-refractivity contribution is 5.93. The van der Waals surface area contributed by atoms with Crippen molar-refractivity contribution in [3.05, 3.63) is 102 Å². The maximum atomic E-state index is 13.0. The Morgan fingerprint density at radius 2 is 1.30 bits per heavy atom. The molecular weight excluding hydrogens is 573 g/mol. The predicted molar refractivity (Wildman–Crippen MR) is 166 cm³/mol. The minimum atomic E-state index is -4.69. The first-order chi connectivity index (χ1) is 21.0. The van der Waals surface area contributed by atoms with Gasteiger partial charge in [0, 0.05) is 13.3 Å². The number of carbonyl (C=O) groups is 3. The Kier molecular flexibility index (Phi) is 19.3. The number of benzene rings is 1. The predicted octanol–water partition coefficient (Wildman–Crippen LogP) is 9.20. The molecule has 0 aliphatic rings. The Labute approximate surface area is 258 Å². The lowest BCUT2D eigenvalue weighted by Crippen LogP contribution is -2.22. The first-order valence-electron chi connectivity index (χ1n) is 14.7. The molecule has 1 atom stereocenters. The van der Waals surface area contributed by atoms with Crippen molar-refractivity contribution in [2.75, 3.05) is 6.61 Å². The van der Waals surface area contributed by atoms with E-state index in [9.17, 15) is 27.6 Å². The van der Waals surface area contributed by atoms with Crippen molar-refractivity contribution in [3.8, 4) is 5.75 Å². The zero-order chi connectivity index (χ0) is 32.6. The number of ether oxygens (including phenoxy) is 3. The fraction of sp³-hybridized carbons (Fsp3) is 0.400. The van der Waals surface area contributed by atoms with Crippen LogP contribution < -0.4 is 4.74 Å². The number of halogens is 3. The van der Waals surface area contributed by atoms with E-state index in [0.29, 0.717) is 18.6 Å². The Morgan fingerprint density at radius 3 is 1.77 bits per heavy atom. The van der Waals surface area contributed by atoms with E-state index >= 15 is 0 Å². The fourth-order valence-electron chi connectivity index (χ4n) is 3.54. The smallest absolute Gasteiger partial charge is 0.416 e. The van der Waals surface area contributed by atoms with E-state index in [1.165, 1.54) is 6.92 Å². The van der Waals surface area contributed by atoms with Crippen molar-refractivity contribution in [2.45, 2.75) is 84.4 Å². The first kappa shape index (κ1) is 37.9. The zero-order valence-corrected chi connectivity index (χ0v) is 25.7. The standard InChI is InChI=1S/C35H43F3O6/c1-4-5-6-7-8-9-10-11-12-13-14-15-16-17-18-19-20-21-22-23-33(40)43-28(2)27-42-34(41)31-25-24-30(35(36,37)38)26-32(31)44-29(3)39/h5-6,8-9,11-12,14-15,17-18,20-21,24-26,28H,4,7,10,13,16,19,22-23,27H2,1-3H3. The minimum absolute atomic E-state index is 0.135. The molecule has 1 rings (SSSR count). The Hall–Kier alpha value is -4.14. The lowest BCUT2D eigenvalue weighted by atomic mass is 10.1. The topological polar surface area (TPSA) is 78.9 Å². The normalized spacial score (nSPS) is 13.2. The second-order valence-corrected chi connectivity index (χ2v) is 9.66. The van der Waals surface area contributed by atoms with Gasteiger partial charge in [-0.25, -0.2) is 4.79 Å². The number of rotatable bonds is 19. The molecule has 0 saturated heterocycles. The van der Waals surface area contributed by atoms with E-state index in [2.05, 4.69) is 61.6 Å². The molecule has 0 aliphatic carbocycles. The molecule has 0 saturated carbocycles. The highest BCUT2D eigenvalue weighted by Gasteiger charge is 2.32. The van der Waals surface area contributed by atoms with Gasteiger partial charge in [-0.15, -0.1) is 0 Å². The molecule has 0 fully saturated rings. The summed E-state index contributed by atoms with van der Waals surface area (Å²) < 4.78 is 54.0. The van der Waals surface area contributed by atoms with Gasteiger partial charge in [0.15, 0.2) is 0 Å². The quantitative estimate of drug-likeness (QED) is 0.0876. The SMILES string of the molecule is CCC=CCC=CCC=CCC=CCC=CCC=CCCC(=O)OC(C)COC(=O)c1ccc(C(F)(F)F)cc1OC(C)=O. The van der Waals surface area contributed by atoms with Crippen LogP contribution >= 0.6 is 0 Å². The van der Waals surface area contributed by atoms with Gasteiger partial charge in [-0.2, -0.15) is 13.2 Å². The van der Waals surface area contributed by atoms with Crippen LogP contribution in [-0.2, 0) is 25.2 Å². The summed E-state index contributed by atoms with van der Waals surface area (Å²) in [6.07, 6.45) is 25.8. The molecule has 0 aromatic heterocycles. The van der Waals surface area contributed by atoms with Gasteiger partial charge in [0.2, 0.25) is 0 Å². The molecule has 1 unspecified atom stereocenters. The molecule has 0 amide bonds. The van der Waals surface area contributed by atoms with Crippen LogP contribution in [0.15, 0.2) is 91.1 Å². The second-order valence-electron chi connectivity index (χ2n) is 9.66. The largest absolute Gasteiger partial charge is 0.459 e. The molecule has 0 bridgehead atoms. The summed E-state index contributed by atoms with van der Waals surface area (Å²) in [5.41, 5.74) is -1.44. The van der Waals surface area contributed by atoms with E-state index < -0.39 is 41.5 Å². The van der Waals surface area contributed by atoms with Crippen molar-refractivity contribution in [2.24, 2.45) is 0 Å². The Balaban J connectivity index is 2.27. The molecular formula is C35H43F3O6. The summed E-state index contributed by atoms with van der Waals surface area (Å²) in [7, 11) is 0. The summed E-state index contributed by atoms with van der Waals surface area (Å²) in [4.78, 5) is 35.7. The van der Waals surface area contributed by atoms with E-state index in [0.717, 1.165) is 51.5 Å². The maximum absolute atomic E-state index is 13.0. The van der Waals surface area contributed by atoms with E-state index in [-0.39, 0.29) is 18.6 Å². The van der Waals surface area contributed by atoms with Crippen LogP contribution in [0.1, 0.15) is 88.1 Å². The molecule has 0 aliphatic heterocycles. The van der Waals surface area contributed by atoms with Crippen LogP contribution in [0.3, 0.4) is 0 Å². The molecule has 44 heavy (non-hydrogen) atoms. The molecule has 6 nitrogen and oxygen atoms in total. The van der Waals surface area contributed by atoms with E-state index in [1.807, 2.05) is 18.2 Å². The second kappa shape index (κ2) is 22.4. The van der Waals surface area contributed by atoms with Gasteiger partial charge in [-0.3, -0.25) is 9.59 Å². The summed E-state index contributed by atoms with van der Waals surface area (Å²) in [5.74, 6) is -2.97. The van der Waals surface area contributed by atoms with Gasteiger partial charge in [0.1, 0.15) is 24.0 Å². The summed E-state index contributed by atoms with van der Waals surface area (Å²) in [6, 6.07) is 2.10. The van der Waals surface area contributed by atoms with Gasteiger partial charge >= 0.3 is 24.1 Å². The maximum Gasteiger partial charge on any atom is 0.416 e. The Morgan fingerprint density at radius 1 is 0.795 bits per heavy atom. The lowest BCUT2D eigenvalue weighted by molar-refractivity contribution is -0.150. The number of allylic oxidation sites excluding steroid dienone is 12. The van der Waals surface area contributed by atoms with Crippen LogP contribution in [0.25, 0.3) is 0 Å². The third-order valence-corrected chi connectivity index (χ3v) is 5.68. The van der Waals surface area contributed by atoms with E-state index in [4.69, 9.17) is 14.2 Å². The summed E-state index contributed by atoms with van der Waals surface area (Å²) in [5, 5.41) is 0. The van der Waals surface area contributed by atoms with E-state index in [1.54, 1.807) is 0 Å². The molecule has 0 spiro atoms. The average Bonchev–Trinajstić information content (AvgIpc) is 2.96. The van der Waals surface area contributed by atoms with Gasteiger partial charge in [0.25, 0.3) is 0 Å². The highest BCUT2D eigenvalue weighted by Crippen LogP contribution is 2.33. The van der Waals surface area contributed by atoms with Crippen molar-refractivity contribution >= 4 is 17.9 Å². The number of carbonyl (C=O) groups excluding carboxylic acids is 3. The molecule has 0 heterocycles. The fourth-order valence-corrected chi connectivity index (χ4v) is 3.54. The highest BCUT2D eigenvalue weighted by atomic mass is 19.4. The minimum Gasteiger partial charge on any atom is -0.459 e. The summed E-state index contributed by atoms with van der Waals surface area (Å²) in [6.45, 7) is 4.31.